The maximum atomic E-state index is 8.78. The first kappa shape index (κ1) is 15.4. The normalized spacial score (nSPS) is 22.3. The molecule has 1 aliphatic rings. The Morgan fingerprint density at radius 2 is 2.00 bits per heavy atom. The molecule has 1 aromatic carbocycles. The van der Waals surface area contributed by atoms with Gasteiger partial charge in [-0.05, 0) is 37.7 Å². The zero-order valence-corrected chi connectivity index (χ0v) is 13.1. The summed E-state index contributed by atoms with van der Waals surface area (Å²) in [6.07, 6.45) is 3.58. The molecule has 6 heteroatoms. The van der Waals surface area contributed by atoms with Crippen LogP contribution in [-0.4, -0.2) is 41.3 Å². The Labute approximate surface area is 135 Å². The van der Waals surface area contributed by atoms with Gasteiger partial charge in [-0.25, -0.2) is 0 Å². The molecule has 0 radical (unpaired) electrons. The summed E-state index contributed by atoms with van der Waals surface area (Å²) in [4.78, 5) is 2.19. The van der Waals surface area contributed by atoms with Crippen LogP contribution >= 0.6 is 0 Å². The van der Waals surface area contributed by atoms with E-state index in [0.29, 0.717) is 17.3 Å². The fourth-order valence-corrected chi connectivity index (χ4v) is 2.58. The number of morpholine rings is 1. The minimum atomic E-state index is -0.187. The van der Waals surface area contributed by atoms with Gasteiger partial charge >= 0.3 is 0 Å². The van der Waals surface area contributed by atoms with Gasteiger partial charge < -0.3 is 14.1 Å². The summed E-state index contributed by atoms with van der Waals surface area (Å²) in [6.45, 7) is 3.67. The highest BCUT2D eigenvalue weighted by atomic mass is 16.5. The molecule has 23 heavy (non-hydrogen) atoms. The van der Waals surface area contributed by atoms with Gasteiger partial charge in [-0.15, -0.1) is 10.2 Å². The van der Waals surface area contributed by atoms with Gasteiger partial charge in [-0.3, -0.25) is 0 Å². The molecule has 2 atom stereocenters. The van der Waals surface area contributed by atoms with E-state index >= 15 is 0 Å². The third kappa shape index (κ3) is 3.83. The Hall–Kier alpha value is -2.49. The Bertz CT molecular complexity index is 720. The molecule has 6 nitrogen and oxygen atoms in total. The lowest BCUT2D eigenvalue weighted by molar-refractivity contribution is -0.0823. The van der Waals surface area contributed by atoms with Gasteiger partial charge in [-0.1, -0.05) is 12.1 Å². The number of rotatable bonds is 3. The average Bonchev–Trinajstić information content (AvgIpc) is 3.01. The molecule has 1 aromatic heterocycles. The Morgan fingerprint density at radius 1 is 1.22 bits per heavy atom. The van der Waals surface area contributed by atoms with E-state index < -0.39 is 0 Å². The molecule has 0 aliphatic carbocycles. The largest absolute Gasteiger partial charge is 0.418 e. The Balaban J connectivity index is 1.69. The molecule has 2 heterocycles. The predicted octanol–water partition coefficient (Wildman–Crippen LogP) is 2.50. The van der Waals surface area contributed by atoms with Crippen molar-refractivity contribution in [3.8, 4) is 6.07 Å². The molecule has 0 amide bonds. The number of aromatic nitrogens is 2. The molecule has 1 aliphatic heterocycles. The number of ether oxygens (including phenoxy) is 1. The summed E-state index contributed by atoms with van der Waals surface area (Å²) in [7, 11) is 2.05. The highest BCUT2D eigenvalue weighted by Crippen LogP contribution is 2.23. The molecule has 1 saturated heterocycles. The molecule has 0 spiro atoms. The van der Waals surface area contributed by atoms with Gasteiger partial charge in [0.15, 0.2) is 0 Å². The molecular formula is C17H18N4O2. The van der Waals surface area contributed by atoms with E-state index in [0.717, 1.165) is 18.7 Å². The van der Waals surface area contributed by atoms with Crippen LogP contribution in [0.3, 0.4) is 0 Å². The standard InChI is InChI=1S/C17H18N4O2/c1-12-10-21(2)11-15(22-12)17-20-19-16(23-17)8-7-13-3-5-14(9-18)6-4-13/h3-8,12,15H,10-11H2,1-2H3/b8-7+/t12-,15-/m1/s1. The van der Waals surface area contributed by atoms with Crippen molar-refractivity contribution in [1.82, 2.24) is 15.1 Å². The third-order valence-corrected chi connectivity index (χ3v) is 3.63. The lowest BCUT2D eigenvalue weighted by atomic mass is 10.1. The lowest BCUT2D eigenvalue weighted by Crippen LogP contribution is -2.40. The smallest absolute Gasteiger partial charge is 0.246 e. The fourth-order valence-electron chi connectivity index (χ4n) is 2.58. The van der Waals surface area contributed by atoms with Gasteiger partial charge in [0.2, 0.25) is 11.8 Å². The van der Waals surface area contributed by atoms with Gasteiger partial charge in [0, 0.05) is 19.2 Å². The average molecular weight is 310 g/mol. The highest BCUT2D eigenvalue weighted by molar-refractivity contribution is 5.66. The number of hydrogen-bond donors (Lipinski definition) is 0. The van der Waals surface area contributed by atoms with Crippen molar-refractivity contribution in [1.29, 1.82) is 5.26 Å². The minimum Gasteiger partial charge on any atom is -0.418 e. The van der Waals surface area contributed by atoms with Crippen molar-refractivity contribution in [2.24, 2.45) is 0 Å². The van der Waals surface area contributed by atoms with Crippen LogP contribution in [0.5, 0.6) is 0 Å². The van der Waals surface area contributed by atoms with Crippen molar-refractivity contribution in [3.05, 3.63) is 47.2 Å². The summed E-state index contributed by atoms with van der Waals surface area (Å²) >= 11 is 0. The quantitative estimate of drug-likeness (QED) is 0.867. The van der Waals surface area contributed by atoms with Crippen LogP contribution in [-0.2, 0) is 4.74 Å². The summed E-state index contributed by atoms with van der Waals surface area (Å²) in [6, 6.07) is 9.37. The van der Waals surface area contributed by atoms with Gasteiger partial charge in [0.25, 0.3) is 0 Å². The number of nitriles is 1. The maximum Gasteiger partial charge on any atom is 0.246 e. The molecular weight excluding hydrogens is 292 g/mol. The van der Waals surface area contributed by atoms with Crippen LogP contribution in [0.4, 0.5) is 0 Å². The molecule has 2 aromatic rings. The van der Waals surface area contributed by atoms with E-state index in [1.54, 1.807) is 18.2 Å². The first-order valence-electron chi connectivity index (χ1n) is 7.49. The highest BCUT2D eigenvalue weighted by Gasteiger charge is 2.28. The minimum absolute atomic E-state index is 0.142. The van der Waals surface area contributed by atoms with Crippen LogP contribution in [0.2, 0.25) is 0 Å². The number of benzene rings is 1. The molecule has 1 fully saturated rings. The zero-order chi connectivity index (χ0) is 16.2. The third-order valence-electron chi connectivity index (χ3n) is 3.63. The van der Waals surface area contributed by atoms with E-state index in [-0.39, 0.29) is 12.2 Å². The second-order valence-electron chi connectivity index (χ2n) is 5.70. The summed E-state index contributed by atoms with van der Waals surface area (Å²) in [5.41, 5.74) is 1.60. The van der Waals surface area contributed by atoms with Crippen molar-refractivity contribution < 1.29 is 9.15 Å². The Morgan fingerprint density at radius 3 is 2.70 bits per heavy atom. The number of nitrogens with zero attached hydrogens (tertiary/aromatic N) is 4. The second kappa shape index (κ2) is 6.73. The molecule has 0 saturated carbocycles. The van der Waals surface area contributed by atoms with Gasteiger partial charge in [0.1, 0.15) is 6.10 Å². The topological polar surface area (TPSA) is 75.2 Å². The Kier molecular flexibility index (Phi) is 4.51. The lowest BCUT2D eigenvalue weighted by Gasteiger charge is -2.32. The van der Waals surface area contributed by atoms with Gasteiger partial charge in [0.05, 0.1) is 17.7 Å². The van der Waals surface area contributed by atoms with E-state index in [2.05, 4.69) is 21.2 Å². The molecule has 3 rings (SSSR count). The van der Waals surface area contributed by atoms with Gasteiger partial charge in [-0.2, -0.15) is 5.26 Å². The SMILES string of the molecule is C[C@@H]1CN(C)C[C@H](c2nnc(/C=C/c3ccc(C#N)cc3)o2)O1. The zero-order valence-electron chi connectivity index (χ0n) is 13.1. The van der Waals surface area contributed by atoms with Crippen molar-refractivity contribution in [3.63, 3.8) is 0 Å². The van der Waals surface area contributed by atoms with Crippen molar-refractivity contribution in [2.75, 3.05) is 20.1 Å². The van der Waals surface area contributed by atoms with Crippen LogP contribution < -0.4 is 0 Å². The van der Waals surface area contributed by atoms with Crippen molar-refractivity contribution in [2.45, 2.75) is 19.1 Å². The monoisotopic (exact) mass is 310 g/mol. The van der Waals surface area contributed by atoms with E-state index in [4.69, 9.17) is 14.4 Å². The van der Waals surface area contributed by atoms with Crippen LogP contribution in [0.1, 0.15) is 35.9 Å². The van der Waals surface area contributed by atoms with E-state index in [1.807, 2.05) is 32.2 Å². The summed E-state index contributed by atoms with van der Waals surface area (Å²) in [5, 5.41) is 16.9. The first-order chi connectivity index (χ1) is 11.1. The van der Waals surface area contributed by atoms with E-state index in [1.165, 1.54) is 0 Å². The number of hydrogen-bond acceptors (Lipinski definition) is 6. The van der Waals surface area contributed by atoms with E-state index in [9.17, 15) is 0 Å². The van der Waals surface area contributed by atoms with Crippen molar-refractivity contribution >= 4 is 12.2 Å². The maximum absolute atomic E-state index is 8.78. The molecule has 0 bridgehead atoms. The molecule has 0 unspecified atom stereocenters. The first-order valence-corrected chi connectivity index (χ1v) is 7.49. The van der Waals surface area contributed by atoms with Crippen LogP contribution in [0.15, 0.2) is 28.7 Å². The fraction of sp³-hybridized carbons (Fsp3) is 0.353. The number of likely N-dealkylation sites (N-methyl/N-ethyl adjacent to an activating group) is 1. The van der Waals surface area contributed by atoms with Crippen LogP contribution in [0.25, 0.3) is 12.2 Å². The predicted molar refractivity (Wildman–Crippen MR) is 85.2 cm³/mol. The second-order valence-corrected chi connectivity index (χ2v) is 5.70. The van der Waals surface area contributed by atoms with Crippen LogP contribution in [0, 0.1) is 11.3 Å². The molecule has 0 N–H and O–H groups in total. The summed E-state index contributed by atoms with van der Waals surface area (Å²) < 4.78 is 11.5. The molecule has 118 valence electrons. The summed E-state index contributed by atoms with van der Waals surface area (Å²) in [5.74, 6) is 0.941.